The normalized spacial score (nSPS) is 27.6. The molecule has 5 nitrogen and oxygen atoms in total. The highest BCUT2D eigenvalue weighted by Gasteiger charge is 2.42. The Labute approximate surface area is 124 Å². The summed E-state index contributed by atoms with van der Waals surface area (Å²) < 4.78 is 0. The van der Waals surface area contributed by atoms with Crippen molar-refractivity contribution in [3.63, 3.8) is 0 Å². The zero-order valence-electron chi connectivity index (χ0n) is 12.3. The van der Waals surface area contributed by atoms with E-state index < -0.39 is 6.04 Å². The first kappa shape index (κ1) is 14.0. The fourth-order valence-electron chi connectivity index (χ4n) is 3.43. The molecule has 0 radical (unpaired) electrons. The number of nitrogens with one attached hydrogen (secondary N) is 1. The molecule has 21 heavy (non-hydrogen) atoms. The summed E-state index contributed by atoms with van der Waals surface area (Å²) in [6, 6.07) is 2.76. The van der Waals surface area contributed by atoms with Crippen LogP contribution in [0.3, 0.4) is 0 Å². The van der Waals surface area contributed by atoms with E-state index in [1.807, 2.05) is 6.07 Å². The van der Waals surface area contributed by atoms with Gasteiger partial charge in [0, 0.05) is 6.20 Å². The Morgan fingerprint density at radius 1 is 1.24 bits per heavy atom. The fraction of sp³-hybridized carbons (Fsp3) is 0.562. The average Bonchev–Trinajstić information content (AvgIpc) is 2.53. The van der Waals surface area contributed by atoms with E-state index in [-0.39, 0.29) is 23.8 Å². The SMILES string of the molecule is CC1C(=O)NC(C2CCCCC2)C(=O)N1c1cccnc1. The summed E-state index contributed by atoms with van der Waals surface area (Å²) in [5, 5.41) is 2.93. The predicted octanol–water partition coefficient (Wildman–Crippen LogP) is 1.88. The minimum atomic E-state index is -0.485. The van der Waals surface area contributed by atoms with E-state index in [0.717, 1.165) is 25.7 Å². The molecule has 2 atom stereocenters. The quantitative estimate of drug-likeness (QED) is 0.903. The predicted molar refractivity (Wildman–Crippen MR) is 79.7 cm³/mol. The number of anilines is 1. The van der Waals surface area contributed by atoms with Gasteiger partial charge in [-0.05, 0) is 37.8 Å². The highest BCUT2D eigenvalue weighted by atomic mass is 16.2. The van der Waals surface area contributed by atoms with Crippen molar-refractivity contribution in [3.05, 3.63) is 24.5 Å². The van der Waals surface area contributed by atoms with E-state index in [1.54, 1.807) is 30.3 Å². The third-order valence-corrected chi connectivity index (χ3v) is 4.61. The minimum absolute atomic E-state index is 0.00185. The molecule has 1 saturated carbocycles. The van der Waals surface area contributed by atoms with Gasteiger partial charge in [0.05, 0.1) is 11.9 Å². The van der Waals surface area contributed by atoms with Crippen LogP contribution in [-0.2, 0) is 9.59 Å². The van der Waals surface area contributed by atoms with Crippen LogP contribution in [0.25, 0.3) is 0 Å². The van der Waals surface area contributed by atoms with Gasteiger partial charge in [-0.3, -0.25) is 19.5 Å². The summed E-state index contributed by atoms with van der Waals surface area (Å²) in [6.45, 7) is 1.76. The number of rotatable bonds is 2. The van der Waals surface area contributed by atoms with Gasteiger partial charge in [0.2, 0.25) is 5.91 Å². The van der Waals surface area contributed by atoms with Gasteiger partial charge in [0.15, 0.2) is 0 Å². The number of aromatic nitrogens is 1. The molecule has 1 aliphatic carbocycles. The van der Waals surface area contributed by atoms with Crippen molar-refractivity contribution in [1.29, 1.82) is 0 Å². The van der Waals surface area contributed by atoms with E-state index in [1.165, 1.54) is 6.42 Å². The second-order valence-corrected chi connectivity index (χ2v) is 5.98. The first-order valence-corrected chi connectivity index (χ1v) is 7.72. The molecule has 0 aromatic carbocycles. The molecule has 2 fully saturated rings. The van der Waals surface area contributed by atoms with Gasteiger partial charge >= 0.3 is 0 Å². The Morgan fingerprint density at radius 3 is 2.67 bits per heavy atom. The molecule has 0 bridgehead atoms. The second-order valence-electron chi connectivity index (χ2n) is 5.98. The Balaban J connectivity index is 1.88. The molecule has 1 N–H and O–H groups in total. The van der Waals surface area contributed by atoms with Crippen molar-refractivity contribution in [3.8, 4) is 0 Å². The van der Waals surface area contributed by atoms with Crippen molar-refractivity contribution < 1.29 is 9.59 Å². The van der Waals surface area contributed by atoms with Gasteiger partial charge in [-0.25, -0.2) is 0 Å². The topological polar surface area (TPSA) is 62.3 Å². The maximum Gasteiger partial charge on any atom is 0.250 e. The third-order valence-electron chi connectivity index (χ3n) is 4.61. The summed E-state index contributed by atoms with van der Waals surface area (Å²) in [4.78, 5) is 30.8. The van der Waals surface area contributed by atoms with Crippen molar-refractivity contribution in [2.24, 2.45) is 5.92 Å². The molecule has 2 amide bonds. The molecule has 2 aliphatic rings. The van der Waals surface area contributed by atoms with Gasteiger partial charge in [-0.2, -0.15) is 0 Å². The summed E-state index contributed by atoms with van der Waals surface area (Å²) >= 11 is 0. The lowest BCUT2D eigenvalue weighted by Gasteiger charge is -2.41. The number of piperazine rings is 1. The highest BCUT2D eigenvalue weighted by Crippen LogP contribution is 2.30. The van der Waals surface area contributed by atoms with Crippen LogP contribution in [0.15, 0.2) is 24.5 Å². The zero-order valence-corrected chi connectivity index (χ0v) is 12.3. The molecular weight excluding hydrogens is 266 g/mol. The zero-order chi connectivity index (χ0) is 14.8. The van der Waals surface area contributed by atoms with Gasteiger partial charge in [0.25, 0.3) is 5.91 Å². The van der Waals surface area contributed by atoms with Gasteiger partial charge in [-0.15, -0.1) is 0 Å². The molecule has 5 heteroatoms. The summed E-state index contributed by atoms with van der Waals surface area (Å²) in [5.74, 6) is 0.192. The smallest absolute Gasteiger partial charge is 0.250 e. The van der Waals surface area contributed by atoms with Gasteiger partial charge in [-0.1, -0.05) is 19.3 Å². The van der Waals surface area contributed by atoms with Crippen molar-refractivity contribution >= 4 is 17.5 Å². The van der Waals surface area contributed by atoms with Crippen LogP contribution < -0.4 is 10.2 Å². The van der Waals surface area contributed by atoms with Crippen molar-refractivity contribution in [2.45, 2.75) is 51.1 Å². The molecule has 2 heterocycles. The Kier molecular flexibility index (Phi) is 3.90. The first-order chi connectivity index (χ1) is 10.2. The van der Waals surface area contributed by atoms with Crippen molar-refractivity contribution in [2.75, 3.05) is 4.90 Å². The summed E-state index contributed by atoms with van der Waals surface area (Å²) in [6.07, 6.45) is 8.87. The second kappa shape index (κ2) is 5.84. The molecule has 1 aromatic rings. The molecule has 3 rings (SSSR count). The lowest BCUT2D eigenvalue weighted by Crippen LogP contribution is -2.64. The van der Waals surface area contributed by atoms with Crippen LogP contribution in [0.1, 0.15) is 39.0 Å². The molecule has 0 spiro atoms. The number of hydrogen-bond acceptors (Lipinski definition) is 3. The van der Waals surface area contributed by atoms with Crippen LogP contribution in [0, 0.1) is 5.92 Å². The largest absolute Gasteiger partial charge is 0.342 e. The highest BCUT2D eigenvalue weighted by molar-refractivity contribution is 6.08. The number of amides is 2. The van der Waals surface area contributed by atoms with Crippen LogP contribution in [0.5, 0.6) is 0 Å². The number of pyridine rings is 1. The monoisotopic (exact) mass is 287 g/mol. The van der Waals surface area contributed by atoms with Gasteiger partial charge < -0.3 is 5.32 Å². The van der Waals surface area contributed by atoms with E-state index in [4.69, 9.17) is 0 Å². The van der Waals surface area contributed by atoms with E-state index >= 15 is 0 Å². The van der Waals surface area contributed by atoms with Crippen LogP contribution in [0.2, 0.25) is 0 Å². The molecule has 1 saturated heterocycles. The lowest BCUT2D eigenvalue weighted by atomic mass is 9.82. The number of carbonyl (C=O) groups is 2. The molecule has 2 unspecified atom stereocenters. The molecule has 1 aliphatic heterocycles. The molecular formula is C16H21N3O2. The van der Waals surface area contributed by atoms with E-state index in [0.29, 0.717) is 5.69 Å². The Bertz CT molecular complexity index is 526. The standard InChI is InChI=1S/C16H21N3O2/c1-11-15(20)18-14(12-6-3-2-4-7-12)16(21)19(11)13-8-5-9-17-10-13/h5,8-12,14H,2-4,6-7H2,1H3,(H,18,20). The molecule has 112 valence electrons. The third kappa shape index (κ3) is 2.64. The van der Waals surface area contributed by atoms with Crippen LogP contribution in [0.4, 0.5) is 5.69 Å². The summed E-state index contributed by atoms with van der Waals surface area (Å²) in [5.41, 5.74) is 0.700. The first-order valence-electron chi connectivity index (χ1n) is 7.72. The Hall–Kier alpha value is -1.91. The minimum Gasteiger partial charge on any atom is -0.342 e. The maximum atomic E-state index is 12.9. The van der Waals surface area contributed by atoms with Crippen molar-refractivity contribution in [1.82, 2.24) is 10.3 Å². The number of hydrogen-bond donors (Lipinski definition) is 1. The van der Waals surface area contributed by atoms with Gasteiger partial charge in [0.1, 0.15) is 12.1 Å². The van der Waals surface area contributed by atoms with E-state index in [2.05, 4.69) is 10.3 Å². The fourth-order valence-corrected chi connectivity index (χ4v) is 3.43. The van der Waals surface area contributed by atoms with Crippen LogP contribution >= 0.6 is 0 Å². The summed E-state index contributed by atoms with van der Waals surface area (Å²) in [7, 11) is 0. The number of nitrogens with zero attached hydrogens (tertiary/aromatic N) is 2. The van der Waals surface area contributed by atoms with Crippen LogP contribution in [-0.4, -0.2) is 28.9 Å². The van der Waals surface area contributed by atoms with E-state index in [9.17, 15) is 9.59 Å². The maximum absolute atomic E-state index is 12.9. The Morgan fingerprint density at radius 2 is 2.00 bits per heavy atom. The lowest BCUT2D eigenvalue weighted by molar-refractivity contribution is -0.135. The average molecular weight is 287 g/mol. The number of carbonyl (C=O) groups excluding carboxylic acids is 2. The molecule has 1 aromatic heterocycles.